The van der Waals surface area contributed by atoms with E-state index in [9.17, 15) is 22.0 Å². The normalized spacial score (nSPS) is 22.8. The van der Waals surface area contributed by atoms with Crippen molar-refractivity contribution >= 4 is 15.9 Å². The summed E-state index contributed by atoms with van der Waals surface area (Å²) in [5, 5.41) is 0. The first-order valence-corrected chi connectivity index (χ1v) is 11.5. The molecule has 5 nitrogen and oxygen atoms in total. The van der Waals surface area contributed by atoms with Crippen LogP contribution in [0.4, 0.5) is 8.78 Å². The van der Waals surface area contributed by atoms with Crippen molar-refractivity contribution in [3.8, 4) is 0 Å². The van der Waals surface area contributed by atoms with Crippen molar-refractivity contribution in [1.82, 2.24) is 9.21 Å². The Bertz CT molecular complexity index is 1070. The Morgan fingerprint density at radius 3 is 2.60 bits per heavy atom. The van der Waals surface area contributed by atoms with E-state index < -0.39 is 15.8 Å². The van der Waals surface area contributed by atoms with Crippen LogP contribution in [0.25, 0.3) is 0 Å². The standard InChI is InChI=1S/C22H24F2N2O3S/c1-15-8-9-19(24)11-21(15)30(28,29)25-13-17-5-3-7-22(27)26(20(17)14-25)12-16-4-2-6-18(23)10-16/h2,4,6,8-11,17,20H,3,5,7,12-14H2,1H3. The van der Waals surface area contributed by atoms with Crippen LogP contribution < -0.4 is 0 Å². The minimum Gasteiger partial charge on any atom is -0.334 e. The monoisotopic (exact) mass is 434 g/mol. The van der Waals surface area contributed by atoms with Crippen LogP contribution in [0.2, 0.25) is 0 Å². The number of carbonyl (C=O) groups excluding carboxylic acids is 1. The molecule has 2 aromatic carbocycles. The second kappa shape index (κ2) is 8.07. The summed E-state index contributed by atoms with van der Waals surface area (Å²) < 4.78 is 55.2. The van der Waals surface area contributed by atoms with Crippen molar-refractivity contribution < 1.29 is 22.0 Å². The lowest BCUT2D eigenvalue weighted by molar-refractivity contribution is -0.133. The van der Waals surface area contributed by atoms with Gasteiger partial charge in [0.1, 0.15) is 11.6 Å². The molecule has 2 heterocycles. The van der Waals surface area contributed by atoms with E-state index in [2.05, 4.69) is 0 Å². The van der Waals surface area contributed by atoms with Crippen LogP contribution in [0, 0.1) is 24.5 Å². The van der Waals surface area contributed by atoms with Crippen LogP contribution in [-0.4, -0.2) is 42.7 Å². The molecule has 2 aliphatic rings. The fraction of sp³-hybridized carbons (Fsp3) is 0.409. The summed E-state index contributed by atoms with van der Waals surface area (Å²) in [4.78, 5) is 14.4. The zero-order valence-corrected chi connectivity index (χ0v) is 17.5. The summed E-state index contributed by atoms with van der Waals surface area (Å²) in [6.07, 6.45) is 1.83. The average Bonchev–Trinajstić information content (AvgIpc) is 3.07. The van der Waals surface area contributed by atoms with Crippen molar-refractivity contribution in [3.63, 3.8) is 0 Å². The quantitative estimate of drug-likeness (QED) is 0.741. The van der Waals surface area contributed by atoms with E-state index in [1.165, 1.54) is 28.6 Å². The number of hydrogen-bond donors (Lipinski definition) is 0. The Morgan fingerprint density at radius 1 is 1.07 bits per heavy atom. The fourth-order valence-corrected chi connectivity index (χ4v) is 6.27. The highest BCUT2D eigenvalue weighted by molar-refractivity contribution is 7.89. The number of carbonyl (C=O) groups is 1. The third-order valence-corrected chi connectivity index (χ3v) is 8.04. The number of halogens is 2. The zero-order valence-electron chi connectivity index (χ0n) is 16.7. The van der Waals surface area contributed by atoms with E-state index in [0.29, 0.717) is 24.0 Å². The van der Waals surface area contributed by atoms with E-state index in [4.69, 9.17) is 0 Å². The van der Waals surface area contributed by atoms with Gasteiger partial charge in [-0.1, -0.05) is 18.2 Å². The van der Waals surface area contributed by atoms with Gasteiger partial charge in [-0.15, -0.1) is 0 Å². The molecule has 30 heavy (non-hydrogen) atoms. The lowest BCUT2D eigenvalue weighted by atomic mass is 9.98. The van der Waals surface area contributed by atoms with Crippen LogP contribution in [0.1, 0.15) is 30.4 Å². The number of fused-ring (bicyclic) bond motifs is 1. The Kier molecular flexibility index (Phi) is 5.63. The molecule has 2 atom stereocenters. The maximum Gasteiger partial charge on any atom is 0.243 e. The molecule has 2 aliphatic heterocycles. The fourth-order valence-electron chi connectivity index (χ4n) is 4.52. The van der Waals surface area contributed by atoms with E-state index >= 15 is 0 Å². The highest BCUT2D eigenvalue weighted by Crippen LogP contribution is 2.35. The summed E-state index contributed by atoms with van der Waals surface area (Å²) in [7, 11) is -3.89. The smallest absolute Gasteiger partial charge is 0.243 e. The molecule has 0 aromatic heterocycles. The van der Waals surface area contributed by atoms with Crippen molar-refractivity contribution in [3.05, 3.63) is 65.2 Å². The number of amides is 1. The summed E-state index contributed by atoms with van der Waals surface area (Å²) in [6.45, 7) is 2.32. The van der Waals surface area contributed by atoms with Gasteiger partial charge in [-0.2, -0.15) is 4.31 Å². The molecule has 0 saturated carbocycles. The van der Waals surface area contributed by atoms with Crippen molar-refractivity contribution in [1.29, 1.82) is 0 Å². The molecule has 2 unspecified atom stereocenters. The maximum absolute atomic E-state index is 13.7. The Balaban J connectivity index is 1.63. The van der Waals surface area contributed by atoms with Crippen molar-refractivity contribution in [2.45, 2.75) is 43.7 Å². The Hall–Kier alpha value is -2.32. The van der Waals surface area contributed by atoms with E-state index in [1.54, 1.807) is 24.0 Å². The first-order chi connectivity index (χ1) is 14.3. The van der Waals surface area contributed by atoms with Gasteiger partial charge in [0, 0.05) is 32.1 Å². The van der Waals surface area contributed by atoms with E-state index in [1.807, 2.05) is 0 Å². The van der Waals surface area contributed by atoms with Crippen LogP contribution in [-0.2, 0) is 21.4 Å². The molecular formula is C22H24F2N2O3S. The molecule has 2 aromatic rings. The molecule has 0 radical (unpaired) electrons. The molecule has 0 aliphatic carbocycles. The first kappa shape index (κ1) is 20.9. The Morgan fingerprint density at radius 2 is 1.83 bits per heavy atom. The number of aryl methyl sites for hydroxylation is 1. The largest absolute Gasteiger partial charge is 0.334 e. The molecule has 2 saturated heterocycles. The predicted octanol–water partition coefficient (Wildman–Crippen LogP) is 3.48. The molecule has 0 N–H and O–H groups in total. The summed E-state index contributed by atoms with van der Waals surface area (Å²) in [5.41, 5.74) is 1.16. The van der Waals surface area contributed by atoms with Gasteiger partial charge in [-0.3, -0.25) is 4.79 Å². The number of benzene rings is 2. The number of likely N-dealkylation sites (tertiary alicyclic amines) is 1. The highest BCUT2D eigenvalue weighted by atomic mass is 32.2. The zero-order chi connectivity index (χ0) is 21.5. The summed E-state index contributed by atoms with van der Waals surface area (Å²) in [6, 6.07) is 9.56. The van der Waals surface area contributed by atoms with Gasteiger partial charge in [-0.25, -0.2) is 17.2 Å². The lowest BCUT2D eigenvalue weighted by Crippen LogP contribution is -2.43. The maximum atomic E-state index is 13.7. The second-order valence-corrected chi connectivity index (χ2v) is 10.0. The molecule has 0 spiro atoms. The SMILES string of the molecule is Cc1ccc(F)cc1S(=O)(=O)N1CC2CCCC(=O)N(Cc3cccc(F)c3)C2C1. The van der Waals surface area contributed by atoms with Gasteiger partial charge < -0.3 is 4.90 Å². The summed E-state index contributed by atoms with van der Waals surface area (Å²) >= 11 is 0. The molecule has 0 bridgehead atoms. The second-order valence-electron chi connectivity index (χ2n) is 8.10. The van der Waals surface area contributed by atoms with Crippen LogP contribution >= 0.6 is 0 Å². The van der Waals surface area contributed by atoms with Gasteiger partial charge in [0.25, 0.3) is 0 Å². The average molecular weight is 435 g/mol. The minimum atomic E-state index is -3.89. The molecule has 2 fully saturated rings. The summed E-state index contributed by atoms with van der Waals surface area (Å²) in [5.74, 6) is -1.03. The van der Waals surface area contributed by atoms with E-state index in [-0.39, 0.29) is 48.2 Å². The first-order valence-electron chi connectivity index (χ1n) is 10.1. The van der Waals surface area contributed by atoms with Gasteiger partial charge >= 0.3 is 0 Å². The molecular weight excluding hydrogens is 410 g/mol. The van der Waals surface area contributed by atoms with Crippen molar-refractivity contribution in [2.24, 2.45) is 5.92 Å². The van der Waals surface area contributed by atoms with Crippen LogP contribution in [0.3, 0.4) is 0 Å². The van der Waals surface area contributed by atoms with Crippen LogP contribution in [0.15, 0.2) is 47.4 Å². The van der Waals surface area contributed by atoms with Gasteiger partial charge in [0.15, 0.2) is 0 Å². The van der Waals surface area contributed by atoms with E-state index in [0.717, 1.165) is 12.5 Å². The highest BCUT2D eigenvalue weighted by Gasteiger charge is 2.44. The third kappa shape index (κ3) is 3.98. The molecule has 4 rings (SSSR count). The number of hydrogen-bond acceptors (Lipinski definition) is 3. The van der Waals surface area contributed by atoms with Gasteiger partial charge in [-0.05, 0) is 61.1 Å². The molecule has 8 heteroatoms. The number of rotatable bonds is 4. The van der Waals surface area contributed by atoms with Crippen molar-refractivity contribution in [2.75, 3.05) is 13.1 Å². The topological polar surface area (TPSA) is 57.7 Å². The Labute approximate surface area is 175 Å². The third-order valence-electron chi connectivity index (χ3n) is 6.07. The number of nitrogens with zero attached hydrogens (tertiary/aromatic N) is 2. The van der Waals surface area contributed by atoms with Gasteiger partial charge in [0.2, 0.25) is 15.9 Å². The number of sulfonamides is 1. The lowest BCUT2D eigenvalue weighted by Gasteiger charge is -2.30. The molecule has 1 amide bonds. The molecule has 160 valence electrons. The van der Waals surface area contributed by atoms with Gasteiger partial charge in [0.05, 0.1) is 4.90 Å². The predicted molar refractivity (Wildman–Crippen MR) is 108 cm³/mol. The van der Waals surface area contributed by atoms with Crippen LogP contribution in [0.5, 0.6) is 0 Å². The minimum absolute atomic E-state index is 0.00588.